The average molecular weight is 373 g/mol. The Kier molecular flexibility index (Phi) is 5.21. The molecule has 0 aliphatic carbocycles. The van der Waals surface area contributed by atoms with Crippen molar-refractivity contribution in [2.45, 2.75) is 0 Å². The lowest BCUT2D eigenvalue weighted by molar-refractivity contribution is 0.100. The number of aromatic amines is 1. The lowest BCUT2D eigenvalue weighted by atomic mass is 10.1. The highest BCUT2D eigenvalue weighted by Gasteiger charge is 2.20. The van der Waals surface area contributed by atoms with Crippen molar-refractivity contribution in [1.29, 1.82) is 0 Å². The number of anilines is 1. The minimum absolute atomic E-state index is 0.422. The lowest BCUT2D eigenvalue weighted by Crippen LogP contribution is -2.44. The number of aromatic nitrogens is 2. The molecule has 0 saturated carbocycles. The van der Waals surface area contributed by atoms with Gasteiger partial charge in [-0.1, -0.05) is 36.4 Å². The smallest absolute Gasteiger partial charge is 0.252 e. The van der Waals surface area contributed by atoms with Crippen LogP contribution in [0.4, 0.5) is 5.82 Å². The van der Waals surface area contributed by atoms with Gasteiger partial charge in [-0.15, -0.1) is 0 Å². The molecule has 1 aliphatic rings. The van der Waals surface area contributed by atoms with Crippen molar-refractivity contribution in [3.05, 3.63) is 71.5 Å². The summed E-state index contributed by atoms with van der Waals surface area (Å²) in [6.45, 7) is 3.44. The van der Waals surface area contributed by atoms with E-state index in [1.807, 2.05) is 60.7 Å². The lowest BCUT2D eigenvalue weighted by Gasteiger charge is -2.28. The van der Waals surface area contributed by atoms with Gasteiger partial charge in [-0.25, -0.2) is 0 Å². The largest absolute Gasteiger partial charge is 0.365 e. The number of pyridine rings is 1. The molecule has 3 aromatic rings. The van der Waals surface area contributed by atoms with E-state index in [0.29, 0.717) is 5.56 Å². The van der Waals surface area contributed by atoms with Gasteiger partial charge in [-0.2, -0.15) is 0 Å². The van der Waals surface area contributed by atoms with Crippen molar-refractivity contribution in [2.75, 3.05) is 31.1 Å². The van der Waals surface area contributed by atoms with E-state index in [1.165, 1.54) is 0 Å². The Morgan fingerprint density at radius 2 is 1.86 bits per heavy atom. The zero-order chi connectivity index (χ0) is 19.3. The van der Waals surface area contributed by atoms with Crippen LogP contribution in [0.15, 0.2) is 54.7 Å². The van der Waals surface area contributed by atoms with Crippen molar-refractivity contribution < 1.29 is 4.79 Å². The molecule has 1 aliphatic heterocycles. The highest BCUT2D eigenvalue weighted by molar-refractivity contribution is 5.99. The Labute approximate surface area is 164 Å². The normalized spacial score (nSPS) is 14.5. The average Bonchev–Trinajstić information content (AvgIpc) is 3.20. The first-order chi connectivity index (χ1) is 13.7. The second kappa shape index (κ2) is 8.10. The molecular weight excluding hydrogens is 350 g/mol. The number of amides is 1. The van der Waals surface area contributed by atoms with Crippen molar-refractivity contribution in [2.24, 2.45) is 5.73 Å². The summed E-state index contributed by atoms with van der Waals surface area (Å²) in [4.78, 5) is 22.0. The molecule has 0 radical (unpaired) electrons. The summed E-state index contributed by atoms with van der Waals surface area (Å²) in [5.41, 5.74) is 9.94. The van der Waals surface area contributed by atoms with Gasteiger partial charge in [0.05, 0.1) is 11.3 Å². The van der Waals surface area contributed by atoms with Crippen LogP contribution in [0.5, 0.6) is 0 Å². The van der Waals surface area contributed by atoms with Gasteiger partial charge in [0.2, 0.25) is 0 Å². The Morgan fingerprint density at radius 1 is 1.07 bits per heavy atom. The molecule has 6 nitrogen and oxygen atoms in total. The molecule has 1 amide bonds. The maximum absolute atomic E-state index is 12.0. The monoisotopic (exact) mass is 373 g/mol. The van der Waals surface area contributed by atoms with Gasteiger partial charge >= 0.3 is 0 Å². The van der Waals surface area contributed by atoms with E-state index in [4.69, 9.17) is 5.73 Å². The summed E-state index contributed by atoms with van der Waals surface area (Å²) >= 11 is 0. The van der Waals surface area contributed by atoms with E-state index >= 15 is 0 Å². The molecule has 4 rings (SSSR count). The number of hydrogen-bond donors (Lipinski definition) is 3. The fourth-order valence-corrected chi connectivity index (χ4v) is 3.38. The quantitative estimate of drug-likeness (QED) is 0.642. The van der Waals surface area contributed by atoms with Gasteiger partial charge in [0.15, 0.2) is 0 Å². The summed E-state index contributed by atoms with van der Waals surface area (Å²) < 4.78 is 0. The Balaban J connectivity index is 1.64. The molecular formula is C22H23N5O. The SMILES string of the molecule is NC(=O)c1cc(-c2ccnc(/C=C/c3ccccc3)c2)[nH]c1N1CCNCC1. The topological polar surface area (TPSA) is 87.0 Å². The van der Waals surface area contributed by atoms with Gasteiger partial charge in [-0.05, 0) is 29.8 Å². The van der Waals surface area contributed by atoms with E-state index in [0.717, 1.165) is 54.5 Å². The molecule has 0 unspecified atom stereocenters. The van der Waals surface area contributed by atoms with Crippen LogP contribution in [0.2, 0.25) is 0 Å². The first kappa shape index (κ1) is 18.0. The van der Waals surface area contributed by atoms with E-state index in [-0.39, 0.29) is 0 Å². The Hall–Kier alpha value is -3.38. The van der Waals surface area contributed by atoms with Gasteiger partial charge in [0, 0.05) is 43.6 Å². The standard InChI is InChI=1S/C22H23N5O/c23-21(28)19-15-20(26-22(19)27-12-10-24-11-13-27)17-8-9-25-18(14-17)7-6-16-4-2-1-3-5-16/h1-9,14-15,24,26H,10-13H2,(H2,23,28)/b7-6+. The molecule has 0 atom stereocenters. The molecule has 6 heteroatoms. The van der Waals surface area contributed by atoms with Crippen molar-refractivity contribution in [3.63, 3.8) is 0 Å². The number of nitrogens with two attached hydrogens (primary N) is 1. The maximum atomic E-state index is 12.0. The number of nitrogens with zero attached hydrogens (tertiary/aromatic N) is 2. The molecule has 1 fully saturated rings. The number of piperazine rings is 1. The molecule has 3 heterocycles. The van der Waals surface area contributed by atoms with Gasteiger partial charge in [0.25, 0.3) is 5.91 Å². The molecule has 2 aromatic heterocycles. The van der Waals surface area contributed by atoms with Crippen LogP contribution < -0.4 is 16.0 Å². The first-order valence-corrected chi connectivity index (χ1v) is 9.39. The number of carbonyl (C=O) groups is 1. The van der Waals surface area contributed by atoms with Gasteiger partial charge in [0.1, 0.15) is 5.82 Å². The summed E-state index contributed by atoms with van der Waals surface area (Å²) in [5, 5.41) is 3.32. The second-order valence-corrected chi connectivity index (χ2v) is 6.76. The van der Waals surface area contributed by atoms with Crippen molar-refractivity contribution in [1.82, 2.24) is 15.3 Å². The minimum atomic E-state index is -0.422. The Bertz CT molecular complexity index is 987. The molecule has 1 aromatic carbocycles. The van der Waals surface area contributed by atoms with Crippen molar-refractivity contribution in [3.8, 4) is 11.3 Å². The third kappa shape index (κ3) is 3.97. The summed E-state index contributed by atoms with van der Waals surface area (Å²) in [6, 6.07) is 15.9. The van der Waals surface area contributed by atoms with Crippen LogP contribution in [0.25, 0.3) is 23.4 Å². The highest BCUT2D eigenvalue weighted by atomic mass is 16.1. The summed E-state index contributed by atoms with van der Waals surface area (Å²) in [5.74, 6) is 0.372. The molecule has 28 heavy (non-hydrogen) atoms. The van der Waals surface area contributed by atoms with E-state index in [1.54, 1.807) is 6.20 Å². The van der Waals surface area contributed by atoms with Crippen molar-refractivity contribution >= 4 is 23.9 Å². The number of nitrogens with one attached hydrogen (secondary N) is 2. The first-order valence-electron chi connectivity index (χ1n) is 9.39. The number of carbonyl (C=O) groups excluding carboxylic acids is 1. The summed E-state index contributed by atoms with van der Waals surface area (Å²) in [7, 11) is 0. The van der Waals surface area contributed by atoms with E-state index in [2.05, 4.69) is 20.2 Å². The van der Waals surface area contributed by atoms with Gasteiger partial charge in [-0.3, -0.25) is 9.78 Å². The molecule has 0 bridgehead atoms. The predicted octanol–water partition coefficient (Wildman–Crippen LogP) is 2.76. The molecule has 142 valence electrons. The zero-order valence-electron chi connectivity index (χ0n) is 15.6. The van der Waals surface area contributed by atoms with Crippen LogP contribution >= 0.6 is 0 Å². The van der Waals surface area contributed by atoms with Crippen LogP contribution in [-0.4, -0.2) is 42.1 Å². The van der Waals surface area contributed by atoms with Crippen LogP contribution in [0.1, 0.15) is 21.6 Å². The fraction of sp³-hybridized carbons (Fsp3) is 0.182. The maximum Gasteiger partial charge on any atom is 0.252 e. The van der Waals surface area contributed by atoms with Crippen LogP contribution in [0.3, 0.4) is 0 Å². The highest BCUT2D eigenvalue weighted by Crippen LogP contribution is 2.28. The zero-order valence-corrected chi connectivity index (χ0v) is 15.6. The van der Waals surface area contributed by atoms with Gasteiger partial charge < -0.3 is 20.9 Å². The Morgan fingerprint density at radius 3 is 2.61 bits per heavy atom. The minimum Gasteiger partial charge on any atom is -0.365 e. The number of primary amides is 1. The third-order valence-electron chi connectivity index (χ3n) is 4.83. The van der Waals surface area contributed by atoms with Crippen LogP contribution in [0, 0.1) is 0 Å². The number of hydrogen-bond acceptors (Lipinski definition) is 4. The number of H-pyrrole nitrogens is 1. The number of rotatable bonds is 5. The summed E-state index contributed by atoms with van der Waals surface area (Å²) in [6.07, 6.45) is 5.78. The molecule has 1 saturated heterocycles. The second-order valence-electron chi connectivity index (χ2n) is 6.76. The third-order valence-corrected chi connectivity index (χ3v) is 4.83. The predicted molar refractivity (Wildman–Crippen MR) is 113 cm³/mol. The molecule has 4 N–H and O–H groups in total. The van der Waals surface area contributed by atoms with Crippen LogP contribution in [-0.2, 0) is 0 Å². The van der Waals surface area contributed by atoms with E-state index in [9.17, 15) is 4.79 Å². The fourth-order valence-electron chi connectivity index (χ4n) is 3.38. The molecule has 0 spiro atoms. The number of benzene rings is 1. The van der Waals surface area contributed by atoms with E-state index < -0.39 is 5.91 Å².